The minimum absolute atomic E-state index is 0. The van der Waals surface area contributed by atoms with Crippen molar-refractivity contribution in [1.82, 2.24) is 0 Å². The van der Waals surface area contributed by atoms with Crippen molar-refractivity contribution >= 4 is 0 Å². The van der Waals surface area contributed by atoms with Crippen LogP contribution in [0.2, 0.25) is 0 Å². The zero-order valence-corrected chi connectivity index (χ0v) is 7.34. The van der Waals surface area contributed by atoms with Gasteiger partial charge < -0.3 is 6.58 Å². The van der Waals surface area contributed by atoms with E-state index in [1.165, 1.54) is 6.08 Å². The molecular weight excluding hydrogens is 271 g/mol. The zero-order valence-electron chi connectivity index (χ0n) is 3.01. The molecule has 0 saturated heterocycles. The summed E-state index contributed by atoms with van der Waals surface area (Å²) in [6.07, 6.45) is 1.50. The van der Waals surface area contributed by atoms with E-state index in [1.807, 2.05) is 0 Å². The van der Waals surface area contributed by atoms with E-state index in [4.69, 9.17) is 6.58 Å². The quantitative estimate of drug-likeness (QED) is 0.579. The smallest absolute Gasteiger partial charge is 0 e. The van der Waals surface area contributed by atoms with Gasteiger partial charge in [0.25, 0.3) is 0 Å². The molecule has 0 saturated carbocycles. The van der Waals surface area contributed by atoms with Crippen molar-refractivity contribution in [2.24, 2.45) is 0 Å². The molecule has 0 unspecified atom stereocenters. The molecular formula is C3H5VW-. The van der Waals surface area contributed by atoms with E-state index in [0.717, 1.165) is 0 Å². The number of allylic oxidation sites excluding steroid dienone is 1. The Balaban J connectivity index is -0.0000000200. The van der Waals surface area contributed by atoms with E-state index < -0.39 is 0 Å². The second-order valence-corrected chi connectivity index (χ2v) is 0.333. The fourth-order valence-corrected chi connectivity index (χ4v) is 0. The van der Waals surface area contributed by atoms with E-state index in [-0.39, 0.29) is 39.6 Å². The Morgan fingerprint density at radius 1 is 1.60 bits per heavy atom. The summed E-state index contributed by atoms with van der Waals surface area (Å²) in [5.74, 6) is 0. The molecule has 0 heterocycles. The Hall–Kier alpha value is 1.01. The van der Waals surface area contributed by atoms with Crippen LogP contribution in [0.3, 0.4) is 0 Å². The minimum Gasteiger partial charge on any atom is -0.518 e. The minimum atomic E-state index is 0. The molecule has 0 fully saturated rings. The van der Waals surface area contributed by atoms with Crippen LogP contribution in [0.25, 0.3) is 0 Å². The summed E-state index contributed by atoms with van der Waals surface area (Å²) >= 11 is 0. The van der Waals surface area contributed by atoms with Crippen LogP contribution < -0.4 is 0 Å². The molecule has 0 bridgehead atoms. The third kappa shape index (κ3) is 44.4. The molecule has 0 rings (SSSR count). The fraction of sp³-hybridized carbons (Fsp3) is 0.333. The van der Waals surface area contributed by atoms with Gasteiger partial charge in [-0.15, -0.1) is 0 Å². The fourth-order valence-electron chi connectivity index (χ4n) is 0. The Labute approximate surface area is 59.2 Å². The van der Waals surface area contributed by atoms with Crippen LogP contribution in [0.1, 0.15) is 6.92 Å². The van der Waals surface area contributed by atoms with Gasteiger partial charge >= 0.3 is 0 Å². The van der Waals surface area contributed by atoms with Gasteiger partial charge in [-0.3, -0.25) is 6.08 Å². The van der Waals surface area contributed by atoms with Crippen molar-refractivity contribution in [3.63, 3.8) is 0 Å². The maximum Gasteiger partial charge on any atom is 0 e. The first kappa shape index (κ1) is 16.6. The first-order chi connectivity index (χ1) is 1.41. The molecule has 0 amide bonds. The summed E-state index contributed by atoms with van der Waals surface area (Å²) in [5.41, 5.74) is 0. The van der Waals surface area contributed by atoms with Crippen LogP contribution in [0.5, 0.6) is 0 Å². The Bertz CT molecular complexity index is 14.4. The van der Waals surface area contributed by atoms with Gasteiger partial charge in [0, 0.05) is 39.6 Å². The predicted molar refractivity (Wildman–Crippen MR) is 14.5 cm³/mol. The van der Waals surface area contributed by atoms with Gasteiger partial charge in [0.15, 0.2) is 0 Å². The molecule has 0 aliphatic carbocycles. The average molecular weight is 276 g/mol. The van der Waals surface area contributed by atoms with E-state index in [2.05, 4.69) is 0 Å². The number of hydrogen-bond donors (Lipinski definition) is 0. The van der Waals surface area contributed by atoms with Gasteiger partial charge in [-0.25, -0.2) is 0 Å². The molecule has 0 atom stereocenters. The number of hydrogen-bond acceptors (Lipinski definition) is 0. The largest absolute Gasteiger partial charge is 0.518 e. The summed E-state index contributed by atoms with van der Waals surface area (Å²) in [6, 6.07) is 0. The van der Waals surface area contributed by atoms with Crippen LogP contribution in [0.4, 0.5) is 0 Å². The molecule has 0 aliphatic heterocycles. The van der Waals surface area contributed by atoms with Crippen LogP contribution in [0.15, 0.2) is 6.08 Å². The third-order valence-corrected chi connectivity index (χ3v) is 0. The Kier molecular flexibility index (Phi) is 66.3. The van der Waals surface area contributed by atoms with Crippen LogP contribution in [-0.2, 0) is 39.6 Å². The summed E-state index contributed by atoms with van der Waals surface area (Å²) in [4.78, 5) is 0. The topological polar surface area (TPSA) is 0 Å². The van der Waals surface area contributed by atoms with Crippen LogP contribution in [0, 0.1) is 6.58 Å². The van der Waals surface area contributed by atoms with Crippen molar-refractivity contribution in [1.29, 1.82) is 0 Å². The molecule has 0 nitrogen and oxygen atoms in total. The third-order valence-electron chi connectivity index (χ3n) is 0. The molecule has 0 spiro atoms. The number of rotatable bonds is 0. The van der Waals surface area contributed by atoms with E-state index in [9.17, 15) is 0 Å². The van der Waals surface area contributed by atoms with Crippen molar-refractivity contribution in [3.8, 4) is 0 Å². The molecule has 0 aromatic heterocycles. The summed E-state index contributed by atoms with van der Waals surface area (Å²) in [6.45, 7) is 6.50. The normalized spacial score (nSPS) is 2.60. The van der Waals surface area contributed by atoms with Crippen molar-refractivity contribution in [3.05, 3.63) is 12.7 Å². The monoisotopic (exact) mass is 276 g/mol. The molecule has 29 valence electrons. The summed E-state index contributed by atoms with van der Waals surface area (Å²) < 4.78 is 0. The summed E-state index contributed by atoms with van der Waals surface area (Å²) in [7, 11) is 0. The first-order valence-corrected chi connectivity index (χ1v) is 0.911. The van der Waals surface area contributed by atoms with Gasteiger partial charge in [0.2, 0.25) is 0 Å². The molecule has 5 heavy (non-hydrogen) atoms. The second kappa shape index (κ2) is 19.9. The molecule has 0 aromatic carbocycles. The van der Waals surface area contributed by atoms with Gasteiger partial charge in [-0.1, -0.05) is 6.92 Å². The van der Waals surface area contributed by atoms with Crippen molar-refractivity contribution < 1.29 is 39.6 Å². The SMILES string of the molecule is [CH-]=CC.[V].[W]. The second-order valence-electron chi connectivity index (χ2n) is 0.333. The van der Waals surface area contributed by atoms with Crippen molar-refractivity contribution in [2.45, 2.75) is 6.92 Å². The van der Waals surface area contributed by atoms with E-state index in [0.29, 0.717) is 0 Å². The molecule has 0 N–H and O–H groups in total. The molecule has 0 aliphatic rings. The van der Waals surface area contributed by atoms with Crippen molar-refractivity contribution in [2.75, 3.05) is 0 Å². The molecule has 0 aromatic rings. The predicted octanol–water partition coefficient (Wildman–Crippen LogP) is 0.990. The van der Waals surface area contributed by atoms with Gasteiger partial charge in [-0.2, -0.15) is 0 Å². The Morgan fingerprint density at radius 2 is 1.60 bits per heavy atom. The summed E-state index contributed by atoms with van der Waals surface area (Å²) in [5, 5.41) is 0. The van der Waals surface area contributed by atoms with E-state index >= 15 is 0 Å². The standard InChI is InChI=1S/C3H5.V.W/c1-3-2;;/h1,3H,2H3;;/q-1;;. The first-order valence-electron chi connectivity index (χ1n) is 0.911. The molecule has 1 radical (unpaired) electrons. The average Bonchev–Trinajstić information content (AvgIpc) is 0.918. The Morgan fingerprint density at radius 3 is 1.60 bits per heavy atom. The van der Waals surface area contributed by atoms with Gasteiger partial charge in [0.05, 0.1) is 0 Å². The maximum atomic E-state index is 4.72. The van der Waals surface area contributed by atoms with Gasteiger partial charge in [0.1, 0.15) is 0 Å². The zero-order chi connectivity index (χ0) is 2.71. The van der Waals surface area contributed by atoms with E-state index in [1.54, 1.807) is 6.92 Å². The maximum absolute atomic E-state index is 4.72. The van der Waals surface area contributed by atoms with Crippen LogP contribution >= 0.6 is 0 Å². The van der Waals surface area contributed by atoms with Crippen LogP contribution in [-0.4, -0.2) is 0 Å². The molecule has 2 heteroatoms. The van der Waals surface area contributed by atoms with Gasteiger partial charge in [-0.05, 0) is 0 Å².